The third kappa shape index (κ3) is 3.50. The van der Waals surface area contributed by atoms with Gasteiger partial charge in [0.1, 0.15) is 0 Å². The van der Waals surface area contributed by atoms with Gasteiger partial charge in [0, 0.05) is 18.5 Å². The Morgan fingerprint density at radius 2 is 1.89 bits per heavy atom. The Morgan fingerprint density at radius 1 is 1.19 bits per heavy atom. The molecule has 0 saturated heterocycles. The van der Waals surface area contributed by atoms with Crippen molar-refractivity contribution < 1.29 is 22.8 Å². The van der Waals surface area contributed by atoms with Gasteiger partial charge < -0.3 is 9.47 Å². The molecule has 3 aliphatic rings. The molecule has 8 nitrogen and oxygen atoms in total. The number of hydrogen-bond acceptors (Lipinski definition) is 6. The fourth-order valence-corrected chi connectivity index (χ4v) is 6.30. The Bertz CT molecular complexity index is 856. The normalized spacial score (nSPS) is 28.0. The fourth-order valence-electron chi connectivity index (χ4n) is 4.84. The second-order valence-electron chi connectivity index (χ2n) is 7.82. The number of rotatable bonds is 5. The molecule has 1 N–H and O–H groups in total. The summed E-state index contributed by atoms with van der Waals surface area (Å²) in [6.45, 7) is 2.60. The van der Waals surface area contributed by atoms with Gasteiger partial charge >= 0.3 is 0 Å². The smallest absolute Gasteiger partial charge is 0.293 e. The van der Waals surface area contributed by atoms with E-state index < -0.39 is 20.6 Å². The largest absolute Gasteiger partial charge is 0.490 e. The van der Waals surface area contributed by atoms with E-state index in [1.54, 1.807) is 0 Å². The molecule has 2 bridgehead atoms. The number of nitrogens with zero attached hydrogens (tertiary/aromatic N) is 1. The molecule has 4 atom stereocenters. The summed E-state index contributed by atoms with van der Waals surface area (Å²) in [5.41, 5.74) is -0.494. The third-order valence-electron chi connectivity index (χ3n) is 6.09. The van der Waals surface area contributed by atoms with Crippen LogP contribution >= 0.6 is 0 Å². The lowest BCUT2D eigenvalue weighted by molar-refractivity contribution is -0.387. The van der Waals surface area contributed by atoms with Crippen LogP contribution in [0.15, 0.2) is 17.0 Å². The Kier molecular flexibility index (Phi) is 4.75. The molecular weight excluding hydrogens is 372 g/mol. The zero-order chi connectivity index (χ0) is 19.2. The van der Waals surface area contributed by atoms with Gasteiger partial charge in [-0.1, -0.05) is 6.42 Å². The van der Waals surface area contributed by atoms with Gasteiger partial charge in [-0.2, -0.15) is 0 Å². The van der Waals surface area contributed by atoms with E-state index >= 15 is 0 Å². The molecule has 2 saturated carbocycles. The highest BCUT2D eigenvalue weighted by Gasteiger charge is 2.43. The summed E-state index contributed by atoms with van der Waals surface area (Å²) in [5, 5.41) is 11.5. The molecular formula is C18H24N2O6S. The maximum atomic E-state index is 13.0. The van der Waals surface area contributed by atoms with Crippen LogP contribution in [0.3, 0.4) is 0 Å². The molecule has 0 radical (unpaired) electrons. The molecule has 1 aromatic rings. The van der Waals surface area contributed by atoms with Gasteiger partial charge in [-0.25, -0.2) is 13.1 Å². The van der Waals surface area contributed by atoms with Gasteiger partial charge in [-0.05, 0) is 43.9 Å². The predicted octanol–water partition coefficient (Wildman–Crippen LogP) is 2.86. The van der Waals surface area contributed by atoms with Crippen molar-refractivity contribution in [1.29, 1.82) is 0 Å². The number of fused-ring (bicyclic) bond motifs is 3. The number of hydrogen-bond donors (Lipinski definition) is 1. The maximum Gasteiger partial charge on any atom is 0.293 e. The molecule has 4 rings (SSSR count). The monoisotopic (exact) mass is 396 g/mol. The summed E-state index contributed by atoms with van der Waals surface area (Å²) >= 11 is 0. The highest BCUT2D eigenvalue weighted by atomic mass is 32.2. The zero-order valence-electron chi connectivity index (χ0n) is 15.2. The maximum absolute atomic E-state index is 13.0. The summed E-state index contributed by atoms with van der Waals surface area (Å²) in [7, 11) is -4.06. The molecule has 148 valence electrons. The first-order valence-corrected chi connectivity index (χ1v) is 10.9. The first kappa shape index (κ1) is 18.5. The fraction of sp³-hybridized carbons (Fsp3) is 0.667. The molecule has 1 aromatic carbocycles. The van der Waals surface area contributed by atoms with Crippen molar-refractivity contribution in [2.75, 3.05) is 13.2 Å². The zero-order valence-corrected chi connectivity index (χ0v) is 16.0. The SMILES string of the molecule is C[C@@H](NS(=O)(=O)c1cc2c(cc1[N+](=O)[O-])OCCCO2)[C@@H]1C[C@H]2CC[C@H]1C2. The van der Waals surface area contributed by atoms with E-state index in [-0.39, 0.29) is 28.4 Å². The van der Waals surface area contributed by atoms with Gasteiger partial charge in [0.05, 0.1) is 24.2 Å². The molecule has 0 spiro atoms. The summed E-state index contributed by atoms with van der Waals surface area (Å²) < 4.78 is 39.7. The molecule has 2 fully saturated rings. The lowest BCUT2D eigenvalue weighted by Crippen LogP contribution is -2.40. The topological polar surface area (TPSA) is 108 Å². The van der Waals surface area contributed by atoms with Crippen LogP contribution in [0, 0.1) is 27.9 Å². The van der Waals surface area contributed by atoms with E-state index in [1.165, 1.54) is 18.9 Å². The van der Waals surface area contributed by atoms with Crippen LogP contribution in [0.25, 0.3) is 0 Å². The standard InChI is InChI=1S/C18H24N2O6S/c1-11(14-8-12-3-4-13(14)7-12)19-27(23,24)18-10-17-16(9-15(18)20(21)22)25-5-2-6-26-17/h9-14,19H,2-8H2,1H3/t11-,12+,13+,14+/m1/s1. The Hall–Kier alpha value is -1.87. The van der Waals surface area contributed by atoms with Crippen molar-refractivity contribution in [2.45, 2.75) is 50.0 Å². The number of benzene rings is 1. The second-order valence-corrected chi connectivity index (χ2v) is 9.51. The minimum absolute atomic E-state index is 0.208. The van der Waals surface area contributed by atoms with E-state index in [0.717, 1.165) is 18.9 Å². The van der Waals surface area contributed by atoms with Crippen molar-refractivity contribution in [2.24, 2.45) is 17.8 Å². The Labute approximate surface area is 158 Å². The van der Waals surface area contributed by atoms with E-state index in [4.69, 9.17) is 9.47 Å². The van der Waals surface area contributed by atoms with E-state index in [9.17, 15) is 18.5 Å². The molecule has 1 aliphatic heterocycles. The summed E-state index contributed by atoms with van der Waals surface area (Å²) in [4.78, 5) is 10.4. The minimum atomic E-state index is -4.06. The molecule has 1 heterocycles. The number of nitrogens with one attached hydrogen (secondary N) is 1. The van der Waals surface area contributed by atoms with Gasteiger partial charge in [-0.3, -0.25) is 10.1 Å². The summed E-state index contributed by atoms with van der Waals surface area (Å²) in [5.74, 6) is 1.97. The highest BCUT2D eigenvalue weighted by molar-refractivity contribution is 7.89. The molecule has 0 amide bonds. The van der Waals surface area contributed by atoms with Crippen LogP contribution in [-0.4, -0.2) is 32.6 Å². The van der Waals surface area contributed by atoms with Gasteiger partial charge in [0.15, 0.2) is 16.4 Å². The Balaban J connectivity index is 1.64. The van der Waals surface area contributed by atoms with Crippen molar-refractivity contribution in [1.82, 2.24) is 4.72 Å². The van der Waals surface area contributed by atoms with Crippen LogP contribution in [0.4, 0.5) is 5.69 Å². The molecule has 0 aromatic heterocycles. The number of nitro benzene ring substituents is 1. The third-order valence-corrected chi connectivity index (χ3v) is 7.68. The van der Waals surface area contributed by atoms with Crippen molar-refractivity contribution in [3.8, 4) is 11.5 Å². The first-order valence-electron chi connectivity index (χ1n) is 9.45. The predicted molar refractivity (Wildman–Crippen MR) is 97.4 cm³/mol. The van der Waals surface area contributed by atoms with Crippen LogP contribution in [-0.2, 0) is 10.0 Å². The molecule has 27 heavy (non-hydrogen) atoms. The molecule has 0 unspecified atom stereocenters. The van der Waals surface area contributed by atoms with Crippen LogP contribution < -0.4 is 14.2 Å². The number of ether oxygens (including phenoxy) is 2. The number of sulfonamides is 1. The summed E-state index contributed by atoms with van der Waals surface area (Å²) in [6.07, 6.45) is 5.20. The van der Waals surface area contributed by atoms with Gasteiger partial charge in [-0.15, -0.1) is 0 Å². The van der Waals surface area contributed by atoms with Crippen LogP contribution in [0.2, 0.25) is 0 Å². The minimum Gasteiger partial charge on any atom is -0.490 e. The average Bonchev–Trinajstić information content (AvgIpc) is 3.17. The van der Waals surface area contributed by atoms with E-state index in [1.807, 2.05) is 6.92 Å². The van der Waals surface area contributed by atoms with Crippen molar-refractivity contribution in [3.05, 3.63) is 22.2 Å². The lowest BCUT2D eigenvalue weighted by Gasteiger charge is -2.28. The van der Waals surface area contributed by atoms with Crippen LogP contribution in [0.5, 0.6) is 11.5 Å². The van der Waals surface area contributed by atoms with Crippen LogP contribution in [0.1, 0.15) is 39.0 Å². The van der Waals surface area contributed by atoms with Crippen molar-refractivity contribution in [3.63, 3.8) is 0 Å². The lowest BCUT2D eigenvalue weighted by atomic mass is 9.84. The number of nitro groups is 1. The van der Waals surface area contributed by atoms with E-state index in [0.29, 0.717) is 31.5 Å². The van der Waals surface area contributed by atoms with E-state index in [2.05, 4.69) is 4.72 Å². The van der Waals surface area contributed by atoms with Crippen molar-refractivity contribution >= 4 is 15.7 Å². The average molecular weight is 396 g/mol. The quantitative estimate of drug-likeness (QED) is 0.606. The molecule has 9 heteroatoms. The van der Waals surface area contributed by atoms with Gasteiger partial charge in [0.2, 0.25) is 10.0 Å². The molecule has 2 aliphatic carbocycles. The second kappa shape index (κ2) is 6.94. The highest BCUT2D eigenvalue weighted by Crippen LogP contribution is 2.49. The Morgan fingerprint density at radius 3 is 2.48 bits per heavy atom. The van der Waals surface area contributed by atoms with Gasteiger partial charge in [0.25, 0.3) is 5.69 Å². The summed E-state index contributed by atoms with van der Waals surface area (Å²) in [6, 6.07) is 2.10. The first-order chi connectivity index (χ1) is 12.8.